The number of rotatable bonds is 4. The number of allylic oxidation sites excluding steroid dienone is 2. The van der Waals surface area contributed by atoms with Crippen LogP contribution in [0.4, 0.5) is 4.79 Å². The van der Waals surface area contributed by atoms with Crippen LogP contribution in [0.25, 0.3) is 6.08 Å². The molecule has 0 radical (unpaired) electrons. The summed E-state index contributed by atoms with van der Waals surface area (Å²) < 4.78 is 11.6. The van der Waals surface area contributed by atoms with Gasteiger partial charge in [-0.1, -0.05) is 24.3 Å². The number of amides is 2. The number of benzene rings is 1. The molecule has 0 saturated carbocycles. The lowest BCUT2D eigenvalue weighted by molar-refractivity contribution is -0.128. The molecule has 178 valence electrons. The Morgan fingerprint density at radius 3 is 2.76 bits per heavy atom. The Labute approximate surface area is 200 Å². The lowest BCUT2D eigenvalue weighted by Gasteiger charge is -2.33. The van der Waals surface area contributed by atoms with Crippen molar-refractivity contribution in [3.05, 3.63) is 58.8 Å². The van der Waals surface area contributed by atoms with Crippen LogP contribution in [0.3, 0.4) is 0 Å². The fourth-order valence-electron chi connectivity index (χ4n) is 4.32. The Morgan fingerprint density at radius 2 is 2.06 bits per heavy atom. The molecule has 1 atom stereocenters. The van der Waals surface area contributed by atoms with Gasteiger partial charge in [-0.05, 0) is 81.4 Å². The zero-order valence-electron chi connectivity index (χ0n) is 20.0. The van der Waals surface area contributed by atoms with E-state index in [9.17, 15) is 14.9 Å². The fourth-order valence-corrected chi connectivity index (χ4v) is 4.32. The van der Waals surface area contributed by atoms with Gasteiger partial charge < -0.3 is 14.4 Å². The molecule has 1 unspecified atom stereocenters. The SMILES string of the molecule is CC(C)(C)OC(=O)N1Cc2cc(OCC3=CCCC=C3)ccc2C=C1C(=O)N1CCCC1C#N. The number of carbonyl (C=O) groups excluding carboxylic acids is 2. The maximum Gasteiger partial charge on any atom is 0.415 e. The molecule has 0 N–H and O–H groups in total. The molecule has 7 nitrogen and oxygen atoms in total. The molecule has 1 aromatic rings. The summed E-state index contributed by atoms with van der Waals surface area (Å²) >= 11 is 0. The van der Waals surface area contributed by atoms with Crippen molar-refractivity contribution in [1.82, 2.24) is 9.80 Å². The maximum absolute atomic E-state index is 13.4. The molecule has 1 saturated heterocycles. The topological polar surface area (TPSA) is 82.9 Å². The van der Waals surface area contributed by atoms with Crippen LogP contribution in [0.5, 0.6) is 5.75 Å². The number of ether oxygens (including phenoxy) is 2. The molecule has 1 aliphatic carbocycles. The van der Waals surface area contributed by atoms with Gasteiger partial charge in [-0.2, -0.15) is 5.26 Å². The van der Waals surface area contributed by atoms with Crippen LogP contribution in [-0.2, 0) is 16.1 Å². The van der Waals surface area contributed by atoms with E-state index in [0.29, 0.717) is 25.3 Å². The quantitative estimate of drug-likeness (QED) is 0.634. The Balaban J connectivity index is 1.61. The third kappa shape index (κ3) is 5.33. The highest BCUT2D eigenvalue weighted by Gasteiger charge is 2.37. The second-order valence-corrected chi connectivity index (χ2v) is 9.79. The molecule has 1 aromatic carbocycles. The summed E-state index contributed by atoms with van der Waals surface area (Å²) in [6, 6.07) is 7.41. The minimum Gasteiger partial charge on any atom is -0.489 e. The molecule has 0 spiro atoms. The second kappa shape index (κ2) is 9.76. The molecule has 7 heteroatoms. The van der Waals surface area contributed by atoms with Crippen LogP contribution in [0.1, 0.15) is 57.6 Å². The van der Waals surface area contributed by atoms with E-state index in [1.165, 1.54) is 4.90 Å². The summed E-state index contributed by atoms with van der Waals surface area (Å²) in [4.78, 5) is 29.5. The first-order chi connectivity index (χ1) is 16.2. The number of hydrogen-bond donors (Lipinski definition) is 0. The normalized spacial score (nSPS) is 19.6. The summed E-state index contributed by atoms with van der Waals surface area (Å²) in [6.45, 7) is 6.55. The molecule has 2 heterocycles. The van der Waals surface area contributed by atoms with Crippen molar-refractivity contribution in [3.8, 4) is 11.8 Å². The molecule has 4 rings (SSSR count). The van der Waals surface area contributed by atoms with Crippen molar-refractivity contribution >= 4 is 18.1 Å². The van der Waals surface area contributed by atoms with E-state index in [1.54, 1.807) is 31.7 Å². The average molecular weight is 462 g/mol. The molecule has 1 fully saturated rings. The average Bonchev–Trinajstić information content (AvgIpc) is 3.30. The fraction of sp³-hybridized carbons (Fsp3) is 0.444. The Hall–Kier alpha value is -3.53. The zero-order chi connectivity index (χ0) is 24.3. The molecule has 34 heavy (non-hydrogen) atoms. The number of nitriles is 1. The van der Waals surface area contributed by atoms with Gasteiger partial charge in [0.15, 0.2) is 0 Å². The highest BCUT2D eigenvalue weighted by Crippen LogP contribution is 2.32. The van der Waals surface area contributed by atoms with Gasteiger partial charge in [-0.3, -0.25) is 9.69 Å². The lowest BCUT2D eigenvalue weighted by Crippen LogP contribution is -2.45. The highest BCUT2D eigenvalue weighted by molar-refractivity contribution is 6.01. The van der Waals surface area contributed by atoms with Crippen LogP contribution in [0.15, 0.2) is 47.7 Å². The highest BCUT2D eigenvalue weighted by atomic mass is 16.6. The van der Waals surface area contributed by atoms with Crippen molar-refractivity contribution < 1.29 is 19.1 Å². The van der Waals surface area contributed by atoms with Crippen LogP contribution in [0.2, 0.25) is 0 Å². The first-order valence-electron chi connectivity index (χ1n) is 11.8. The van der Waals surface area contributed by atoms with Crippen LogP contribution < -0.4 is 4.74 Å². The number of nitrogens with zero attached hydrogens (tertiary/aromatic N) is 3. The van der Waals surface area contributed by atoms with Gasteiger partial charge >= 0.3 is 6.09 Å². The second-order valence-electron chi connectivity index (χ2n) is 9.79. The van der Waals surface area contributed by atoms with Gasteiger partial charge in [0, 0.05) is 6.54 Å². The molecule has 3 aliphatic rings. The zero-order valence-corrected chi connectivity index (χ0v) is 20.0. The van der Waals surface area contributed by atoms with E-state index in [1.807, 2.05) is 18.2 Å². The summed E-state index contributed by atoms with van der Waals surface area (Å²) in [5.41, 5.74) is 2.38. The summed E-state index contributed by atoms with van der Waals surface area (Å²) in [5.74, 6) is 0.381. The van der Waals surface area contributed by atoms with Gasteiger partial charge in [0.05, 0.1) is 12.6 Å². The largest absolute Gasteiger partial charge is 0.489 e. The standard InChI is InChI=1S/C27H31N3O4/c1-27(2,3)34-26(32)30-17-21-14-23(33-18-19-8-5-4-6-9-19)12-11-20(21)15-24(30)25(31)29-13-7-10-22(29)16-28/h5,8-9,11-12,14-15,22H,4,6-7,10,13,17-18H2,1-3H3. The van der Waals surface area contributed by atoms with Gasteiger partial charge in [0.25, 0.3) is 5.91 Å². The molecular formula is C27H31N3O4. The van der Waals surface area contributed by atoms with E-state index in [0.717, 1.165) is 36.0 Å². The summed E-state index contributed by atoms with van der Waals surface area (Å²) in [7, 11) is 0. The van der Waals surface area contributed by atoms with E-state index in [4.69, 9.17) is 9.47 Å². The third-order valence-electron chi connectivity index (χ3n) is 6.00. The first-order valence-corrected chi connectivity index (χ1v) is 11.8. The van der Waals surface area contributed by atoms with Crippen molar-refractivity contribution in [2.75, 3.05) is 13.2 Å². The molecule has 0 aromatic heterocycles. The van der Waals surface area contributed by atoms with Crippen LogP contribution in [-0.4, -0.2) is 46.6 Å². The first kappa shape index (κ1) is 23.6. The smallest absolute Gasteiger partial charge is 0.415 e. The lowest BCUT2D eigenvalue weighted by atomic mass is 10.0. The van der Waals surface area contributed by atoms with Gasteiger partial charge in [-0.25, -0.2) is 4.79 Å². The van der Waals surface area contributed by atoms with Crippen molar-refractivity contribution in [3.63, 3.8) is 0 Å². The van der Waals surface area contributed by atoms with Crippen LogP contribution >= 0.6 is 0 Å². The Morgan fingerprint density at radius 1 is 1.24 bits per heavy atom. The van der Waals surface area contributed by atoms with Crippen molar-refractivity contribution in [2.24, 2.45) is 0 Å². The predicted octanol–water partition coefficient (Wildman–Crippen LogP) is 4.95. The number of fused-ring (bicyclic) bond motifs is 1. The molecular weight excluding hydrogens is 430 g/mol. The summed E-state index contributed by atoms with van der Waals surface area (Å²) in [5, 5.41) is 9.45. The Kier molecular flexibility index (Phi) is 6.78. The number of hydrogen-bond acceptors (Lipinski definition) is 5. The summed E-state index contributed by atoms with van der Waals surface area (Å²) in [6.07, 6.45) is 11.0. The van der Waals surface area contributed by atoms with Gasteiger partial charge in [0.2, 0.25) is 0 Å². The monoisotopic (exact) mass is 461 g/mol. The van der Waals surface area contributed by atoms with Gasteiger partial charge in [-0.15, -0.1) is 0 Å². The molecule has 0 bridgehead atoms. The number of likely N-dealkylation sites (tertiary alicyclic amines) is 1. The molecule has 2 aliphatic heterocycles. The van der Waals surface area contributed by atoms with E-state index >= 15 is 0 Å². The predicted molar refractivity (Wildman–Crippen MR) is 128 cm³/mol. The van der Waals surface area contributed by atoms with Crippen molar-refractivity contribution in [1.29, 1.82) is 5.26 Å². The van der Waals surface area contributed by atoms with E-state index in [2.05, 4.69) is 24.3 Å². The maximum atomic E-state index is 13.4. The third-order valence-corrected chi connectivity index (χ3v) is 6.00. The Bertz CT molecular complexity index is 1100. The van der Waals surface area contributed by atoms with Gasteiger partial charge in [0.1, 0.15) is 29.7 Å². The minimum atomic E-state index is -0.708. The van der Waals surface area contributed by atoms with E-state index in [-0.39, 0.29) is 18.1 Å². The van der Waals surface area contributed by atoms with Crippen LogP contribution in [0, 0.1) is 11.3 Å². The molecule has 2 amide bonds. The minimum absolute atomic E-state index is 0.187. The van der Waals surface area contributed by atoms with E-state index < -0.39 is 17.7 Å². The van der Waals surface area contributed by atoms with Crippen molar-refractivity contribution in [2.45, 2.75) is 64.6 Å². The number of carbonyl (C=O) groups is 2.